The standard InChI is InChI=1S/C10H12ClN/c1-7-5-12-6-9-8(7)3-2-4-10(9)11/h2-4,7,12H,5-6H2,1H3/t7-/m1/s1. The van der Waals surface area contributed by atoms with Crippen molar-refractivity contribution in [2.24, 2.45) is 0 Å². The summed E-state index contributed by atoms with van der Waals surface area (Å²) in [4.78, 5) is 0. The summed E-state index contributed by atoms with van der Waals surface area (Å²) in [5.74, 6) is 0.590. The summed E-state index contributed by atoms with van der Waals surface area (Å²) in [6.45, 7) is 4.20. The maximum atomic E-state index is 6.07. The smallest absolute Gasteiger partial charge is 0.0453 e. The molecular weight excluding hydrogens is 170 g/mol. The molecule has 0 spiro atoms. The fraction of sp³-hybridized carbons (Fsp3) is 0.400. The highest BCUT2D eigenvalue weighted by molar-refractivity contribution is 6.31. The highest BCUT2D eigenvalue weighted by atomic mass is 35.5. The van der Waals surface area contributed by atoms with Gasteiger partial charge in [0.05, 0.1) is 0 Å². The topological polar surface area (TPSA) is 12.0 Å². The first-order chi connectivity index (χ1) is 5.79. The van der Waals surface area contributed by atoms with Crippen molar-refractivity contribution in [1.82, 2.24) is 5.32 Å². The third-order valence-electron chi connectivity index (χ3n) is 2.44. The number of nitrogens with one attached hydrogen (secondary N) is 1. The number of halogens is 1. The highest BCUT2D eigenvalue weighted by Crippen LogP contribution is 2.28. The molecule has 0 radical (unpaired) electrons. The van der Waals surface area contributed by atoms with Crippen LogP contribution >= 0.6 is 11.6 Å². The Morgan fingerprint density at radius 3 is 3.08 bits per heavy atom. The van der Waals surface area contributed by atoms with Gasteiger partial charge in [0.2, 0.25) is 0 Å². The molecule has 1 N–H and O–H groups in total. The van der Waals surface area contributed by atoms with E-state index in [1.807, 2.05) is 12.1 Å². The van der Waals surface area contributed by atoms with Crippen molar-refractivity contribution in [3.8, 4) is 0 Å². The predicted octanol–water partition coefficient (Wildman–Crippen LogP) is 2.55. The first kappa shape index (κ1) is 8.09. The lowest BCUT2D eigenvalue weighted by Crippen LogP contribution is -2.26. The molecule has 0 bridgehead atoms. The van der Waals surface area contributed by atoms with Crippen molar-refractivity contribution < 1.29 is 0 Å². The van der Waals surface area contributed by atoms with E-state index in [-0.39, 0.29) is 0 Å². The molecule has 0 aliphatic carbocycles. The van der Waals surface area contributed by atoms with Crippen LogP contribution in [0.15, 0.2) is 18.2 Å². The van der Waals surface area contributed by atoms with Crippen molar-refractivity contribution in [1.29, 1.82) is 0 Å². The summed E-state index contributed by atoms with van der Waals surface area (Å²) in [5.41, 5.74) is 2.68. The molecule has 0 aromatic heterocycles. The van der Waals surface area contributed by atoms with Gasteiger partial charge in [-0.25, -0.2) is 0 Å². The van der Waals surface area contributed by atoms with Crippen LogP contribution in [-0.4, -0.2) is 6.54 Å². The zero-order valence-electron chi connectivity index (χ0n) is 7.10. The lowest BCUT2D eigenvalue weighted by Gasteiger charge is -2.23. The molecule has 1 heterocycles. The molecular formula is C10H12ClN. The fourth-order valence-electron chi connectivity index (χ4n) is 1.75. The Morgan fingerprint density at radius 1 is 1.50 bits per heavy atom. The molecule has 0 saturated heterocycles. The molecule has 64 valence electrons. The third kappa shape index (κ3) is 1.23. The van der Waals surface area contributed by atoms with Crippen molar-refractivity contribution >= 4 is 11.6 Å². The van der Waals surface area contributed by atoms with E-state index >= 15 is 0 Å². The Kier molecular flexibility index (Phi) is 2.07. The third-order valence-corrected chi connectivity index (χ3v) is 2.79. The zero-order chi connectivity index (χ0) is 8.55. The fourth-order valence-corrected chi connectivity index (χ4v) is 2.00. The van der Waals surface area contributed by atoms with Crippen LogP contribution in [-0.2, 0) is 6.54 Å². The monoisotopic (exact) mass is 181 g/mol. The largest absolute Gasteiger partial charge is 0.312 e. The van der Waals surface area contributed by atoms with Crippen LogP contribution in [0.1, 0.15) is 24.0 Å². The van der Waals surface area contributed by atoms with Crippen LogP contribution in [0.4, 0.5) is 0 Å². The van der Waals surface area contributed by atoms with Gasteiger partial charge in [0, 0.05) is 18.1 Å². The van der Waals surface area contributed by atoms with Gasteiger partial charge in [0.15, 0.2) is 0 Å². The van der Waals surface area contributed by atoms with E-state index < -0.39 is 0 Å². The van der Waals surface area contributed by atoms with Gasteiger partial charge >= 0.3 is 0 Å². The summed E-state index contributed by atoms with van der Waals surface area (Å²) < 4.78 is 0. The Labute approximate surface area is 77.7 Å². The predicted molar refractivity (Wildman–Crippen MR) is 51.6 cm³/mol. The average molecular weight is 182 g/mol. The average Bonchev–Trinajstić information content (AvgIpc) is 2.07. The molecule has 2 heteroatoms. The maximum Gasteiger partial charge on any atom is 0.0453 e. The number of rotatable bonds is 0. The van der Waals surface area contributed by atoms with E-state index in [9.17, 15) is 0 Å². The minimum atomic E-state index is 0.590. The van der Waals surface area contributed by atoms with Gasteiger partial charge in [0.1, 0.15) is 0 Å². The Bertz CT molecular complexity index is 296. The maximum absolute atomic E-state index is 6.07. The van der Waals surface area contributed by atoms with E-state index in [0.29, 0.717) is 5.92 Å². The van der Waals surface area contributed by atoms with Crippen molar-refractivity contribution in [3.05, 3.63) is 34.3 Å². The van der Waals surface area contributed by atoms with Crippen LogP contribution in [0.5, 0.6) is 0 Å². The van der Waals surface area contributed by atoms with Gasteiger partial charge in [-0.3, -0.25) is 0 Å². The quantitative estimate of drug-likeness (QED) is 0.649. The Balaban J connectivity index is 2.52. The van der Waals surface area contributed by atoms with E-state index in [4.69, 9.17) is 11.6 Å². The molecule has 0 amide bonds. The van der Waals surface area contributed by atoms with Gasteiger partial charge in [-0.2, -0.15) is 0 Å². The van der Waals surface area contributed by atoms with Gasteiger partial charge in [-0.05, 0) is 23.1 Å². The summed E-state index contributed by atoms with van der Waals surface area (Å²) in [7, 11) is 0. The van der Waals surface area contributed by atoms with Crippen molar-refractivity contribution in [2.75, 3.05) is 6.54 Å². The van der Waals surface area contributed by atoms with Crippen LogP contribution in [0.3, 0.4) is 0 Å². The van der Waals surface area contributed by atoms with Crippen LogP contribution in [0.25, 0.3) is 0 Å². The van der Waals surface area contributed by atoms with Gasteiger partial charge in [-0.1, -0.05) is 30.7 Å². The molecule has 1 aliphatic rings. The molecule has 0 saturated carbocycles. The molecule has 0 fully saturated rings. The molecule has 1 aromatic carbocycles. The lowest BCUT2D eigenvalue weighted by molar-refractivity contribution is 0.571. The number of benzene rings is 1. The van der Waals surface area contributed by atoms with Crippen LogP contribution < -0.4 is 5.32 Å². The Hall–Kier alpha value is -0.530. The number of hydrogen-bond acceptors (Lipinski definition) is 1. The van der Waals surface area contributed by atoms with Crippen molar-refractivity contribution in [2.45, 2.75) is 19.4 Å². The first-order valence-corrected chi connectivity index (χ1v) is 4.65. The molecule has 1 atom stereocenters. The van der Waals surface area contributed by atoms with Crippen LogP contribution in [0.2, 0.25) is 5.02 Å². The molecule has 1 nitrogen and oxygen atoms in total. The zero-order valence-corrected chi connectivity index (χ0v) is 7.86. The number of hydrogen-bond donors (Lipinski definition) is 1. The first-order valence-electron chi connectivity index (χ1n) is 4.27. The molecule has 1 aliphatic heterocycles. The van der Waals surface area contributed by atoms with Gasteiger partial charge in [0.25, 0.3) is 0 Å². The summed E-state index contributed by atoms with van der Waals surface area (Å²) in [6, 6.07) is 6.16. The highest BCUT2D eigenvalue weighted by Gasteiger charge is 2.16. The van der Waals surface area contributed by atoms with E-state index in [1.54, 1.807) is 0 Å². The molecule has 2 rings (SSSR count). The minimum Gasteiger partial charge on any atom is -0.312 e. The van der Waals surface area contributed by atoms with Crippen molar-refractivity contribution in [3.63, 3.8) is 0 Å². The molecule has 12 heavy (non-hydrogen) atoms. The van der Waals surface area contributed by atoms with E-state index in [2.05, 4.69) is 18.3 Å². The normalized spacial score (nSPS) is 22.0. The second kappa shape index (κ2) is 3.08. The Morgan fingerprint density at radius 2 is 2.33 bits per heavy atom. The SMILES string of the molecule is C[C@@H]1CNCc2c(Cl)cccc21. The lowest BCUT2D eigenvalue weighted by atomic mass is 9.92. The second-order valence-electron chi connectivity index (χ2n) is 3.34. The van der Waals surface area contributed by atoms with Crippen LogP contribution in [0, 0.1) is 0 Å². The van der Waals surface area contributed by atoms with E-state index in [1.165, 1.54) is 11.1 Å². The summed E-state index contributed by atoms with van der Waals surface area (Å²) >= 11 is 6.07. The number of fused-ring (bicyclic) bond motifs is 1. The molecule has 1 aromatic rings. The van der Waals surface area contributed by atoms with Gasteiger partial charge in [-0.15, -0.1) is 0 Å². The minimum absolute atomic E-state index is 0.590. The summed E-state index contributed by atoms with van der Waals surface area (Å²) in [6.07, 6.45) is 0. The molecule has 0 unspecified atom stereocenters. The van der Waals surface area contributed by atoms with E-state index in [0.717, 1.165) is 18.1 Å². The summed E-state index contributed by atoms with van der Waals surface area (Å²) in [5, 5.41) is 4.24. The second-order valence-corrected chi connectivity index (χ2v) is 3.75. The van der Waals surface area contributed by atoms with Gasteiger partial charge < -0.3 is 5.32 Å².